The van der Waals surface area contributed by atoms with Gasteiger partial charge in [0.25, 0.3) is 0 Å². The van der Waals surface area contributed by atoms with Crippen LogP contribution >= 0.6 is 11.8 Å². The number of aromatic nitrogens is 2. The standard InChI is InChI=1S/C16H26N2O2S/c1-5-8-9-12(6-2)10-21-15-14(16(19)20)11(4)17-13(7-3)18-15/h12H,5-10H2,1-4H3,(H,19,20). The van der Waals surface area contributed by atoms with Gasteiger partial charge in [0.1, 0.15) is 16.4 Å². The lowest BCUT2D eigenvalue weighted by molar-refractivity contribution is 0.0690. The lowest BCUT2D eigenvalue weighted by Crippen LogP contribution is -2.11. The van der Waals surface area contributed by atoms with Crippen LogP contribution in [0, 0.1) is 12.8 Å². The third-order valence-electron chi connectivity index (χ3n) is 3.63. The van der Waals surface area contributed by atoms with Crippen molar-refractivity contribution >= 4 is 17.7 Å². The van der Waals surface area contributed by atoms with Crippen LogP contribution < -0.4 is 0 Å². The van der Waals surface area contributed by atoms with Gasteiger partial charge >= 0.3 is 5.97 Å². The highest BCUT2D eigenvalue weighted by atomic mass is 32.2. The van der Waals surface area contributed by atoms with E-state index >= 15 is 0 Å². The van der Waals surface area contributed by atoms with Gasteiger partial charge in [0.05, 0.1) is 5.69 Å². The number of carboxylic acids is 1. The van der Waals surface area contributed by atoms with Gasteiger partial charge in [-0.05, 0) is 19.3 Å². The highest BCUT2D eigenvalue weighted by Gasteiger charge is 2.19. The second-order valence-electron chi connectivity index (χ2n) is 5.29. The molecule has 0 saturated carbocycles. The van der Waals surface area contributed by atoms with Crippen molar-refractivity contribution in [1.29, 1.82) is 0 Å². The summed E-state index contributed by atoms with van der Waals surface area (Å²) < 4.78 is 0. The molecule has 0 aliphatic carbocycles. The Morgan fingerprint density at radius 3 is 2.52 bits per heavy atom. The fourth-order valence-corrected chi connectivity index (χ4v) is 3.55. The Hall–Kier alpha value is -1.10. The topological polar surface area (TPSA) is 63.1 Å². The summed E-state index contributed by atoms with van der Waals surface area (Å²) in [6.45, 7) is 8.13. The first kappa shape index (κ1) is 18.0. The summed E-state index contributed by atoms with van der Waals surface area (Å²) in [5.74, 6) is 1.34. The molecule has 0 aliphatic rings. The number of carboxylic acid groups (broad SMARTS) is 1. The predicted octanol–water partition coefficient (Wildman–Crippen LogP) is 4.35. The highest BCUT2D eigenvalue weighted by molar-refractivity contribution is 7.99. The third-order valence-corrected chi connectivity index (χ3v) is 4.84. The average molecular weight is 310 g/mol. The number of rotatable bonds is 9. The molecule has 1 heterocycles. The SMILES string of the molecule is CCCCC(CC)CSc1nc(CC)nc(C)c1C(=O)O. The third kappa shape index (κ3) is 5.30. The van der Waals surface area contributed by atoms with Gasteiger partial charge in [0, 0.05) is 12.2 Å². The average Bonchev–Trinajstić information content (AvgIpc) is 2.46. The first-order valence-corrected chi connectivity index (χ1v) is 8.75. The number of hydrogen-bond donors (Lipinski definition) is 1. The Balaban J connectivity index is 2.89. The molecule has 4 nitrogen and oxygen atoms in total. The van der Waals surface area contributed by atoms with Crippen LogP contribution in [0.25, 0.3) is 0 Å². The van der Waals surface area contributed by atoms with Crippen molar-refractivity contribution in [3.05, 3.63) is 17.1 Å². The normalized spacial score (nSPS) is 12.4. The quantitative estimate of drug-likeness (QED) is 0.542. The van der Waals surface area contributed by atoms with E-state index in [2.05, 4.69) is 23.8 Å². The van der Waals surface area contributed by atoms with Crippen molar-refractivity contribution < 1.29 is 9.90 Å². The van der Waals surface area contributed by atoms with Gasteiger partial charge in [-0.15, -0.1) is 11.8 Å². The van der Waals surface area contributed by atoms with E-state index in [4.69, 9.17) is 0 Å². The largest absolute Gasteiger partial charge is 0.478 e. The van der Waals surface area contributed by atoms with E-state index in [9.17, 15) is 9.90 Å². The highest BCUT2D eigenvalue weighted by Crippen LogP contribution is 2.27. The van der Waals surface area contributed by atoms with E-state index in [1.807, 2.05) is 6.92 Å². The van der Waals surface area contributed by atoms with Gasteiger partial charge in [-0.2, -0.15) is 0 Å². The zero-order chi connectivity index (χ0) is 15.8. The lowest BCUT2D eigenvalue weighted by Gasteiger charge is -2.15. The maximum absolute atomic E-state index is 11.4. The Morgan fingerprint density at radius 2 is 2.00 bits per heavy atom. The lowest BCUT2D eigenvalue weighted by atomic mass is 10.0. The molecular weight excluding hydrogens is 284 g/mol. The summed E-state index contributed by atoms with van der Waals surface area (Å²) in [7, 11) is 0. The number of aromatic carboxylic acids is 1. The molecule has 1 rings (SSSR count). The van der Waals surface area contributed by atoms with E-state index in [0.29, 0.717) is 16.6 Å². The van der Waals surface area contributed by atoms with Gasteiger partial charge in [-0.25, -0.2) is 14.8 Å². The summed E-state index contributed by atoms with van der Waals surface area (Å²) in [5.41, 5.74) is 0.834. The molecule has 1 aromatic rings. The Kier molecular flexibility index (Phi) is 7.72. The number of hydrogen-bond acceptors (Lipinski definition) is 4. The fraction of sp³-hybridized carbons (Fsp3) is 0.688. The number of carbonyl (C=O) groups is 1. The second-order valence-corrected chi connectivity index (χ2v) is 6.30. The fourth-order valence-electron chi connectivity index (χ4n) is 2.21. The summed E-state index contributed by atoms with van der Waals surface area (Å²) >= 11 is 1.57. The molecule has 1 aromatic heterocycles. The molecule has 118 valence electrons. The van der Waals surface area contributed by atoms with Crippen molar-refractivity contribution in [2.45, 2.75) is 64.8 Å². The molecule has 0 radical (unpaired) electrons. The summed E-state index contributed by atoms with van der Waals surface area (Å²) in [6, 6.07) is 0. The van der Waals surface area contributed by atoms with Crippen LogP contribution in [0.1, 0.15) is 68.3 Å². The number of nitrogens with zero attached hydrogens (tertiary/aromatic N) is 2. The van der Waals surface area contributed by atoms with Crippen LogP contribution in [0.3, 0.4) is 0 Å². The molecule has 1 N–H and O–H groups in total. The monoisotopic (exact) mass is 310 g/mol. The van der Waals surface area contributed by atoms with Crippen LogP contribution in [0.5, 0.6) is 0 Å². The molecule has 0 aromatic carbocycles. The van der Waals surface area contributed by atoms with Gasteiger partial charge in [0.15, 0.2) is 0 Å². The summed E-state index contributed by atoms with van der Waals surface area (Å²) in [5, 5.41) is 10.0. The van der Waals surface area contributed by atoms with E-state index < -0.39 is 5.97 Å². The zero-order valence-corrected chi connectivity index (χ0v) is 14.3. The van der Waals surface area contributed by atoms with Crippen molar-refractivity contribution in [3.63, 3.8) is 0 Å². The second kappa shape index (κ2) is 9.03. The summed E-state index contributed by atoms with van der Waals surface area (Å²) in [4.78, 5) is 20.1. The van der Waals surface area contributed by atoms with Crippen molar-refractivity contribution in [1.82, 2.24) is 9.97 Å². The first-order chi connectivity index (χ1) is 10.0. The van der Waals surface area contributed by atoms with E-state index in [-0.39, 0.29) is 5.56 Å². The van der Waals surface area contributed by atoms with Crippen LogP contribution in [-0.2, 0) is 6.42 Å². The summed E-state index contributed by atoms with van der Waals surface area (Å²) in [6.07, 6.45) is 5.48. The smallest absolute Gasteiger partial charge is 0.340 e. The maximum atomic E-state index is 11.4. The minimum absolute atomic E-state index is 0.266. The van der Waals surface area contributed by atoms with Crippen LogP contribution in [-0.4, -0.2) is 26.8 Å². The molecule has 0 amide bonds. The van der Waals surface area contributed by atoms with E-state index in [1.165, 1.54) is 19.3 Å². The molecule has 0 saturated heterocycles. The Bertz CT molecular complexity index is 478. The molecule has 5 heteroatoms. The van der Waals surface area contributed by atoms with Crippen molar-refractivity contribution in [2.24, 2.45) is 5.92 Å². The Morgan fingerprint density at radius 1 is 1.29 bits per heavy atom. The number of unbranched alkanes of at least 4 members (excludes halogenated alkanes) is 1. The molecule has 0 spiro atoms. The van der Waals surface area contributed by atoms with Crippen LogP contribution in [0.2, 0.25) is 0 Å². The number of aryl methyl sites for hydroxylation is 2. The molecule has 0 fully saturated rings. The maximum Gasteiger partial charge on any atom is 0.340 e. The molecule has 1 unspecified atom stereocenters. The number of thioether (sulfide) groups is 1. The van der Waals surface area contributed by atoms with Gasteiger partial charge in [0.2, 0.25) is 0 Å². The van der Waals surface area contributed by atoms with E-state index in [1.54, 1.807) is 18.7 Å². The zero-order valence-electron chi connectivity index (χ0n) is 13.5. The van der Waals surface area contributed by atoms with Gasteiger partial charge in [-0.3, -0.25) is 0 Å². The first-order valence-electron chi connectivity index (χ1n) is 7.76. The minimum Gasteiger partial charge on any atom is -0.478 e. The van der Waals surface area contributed by atoms with Crippen molar-refractivity contribution in [3.8, 4) is 0 Å². The predicted molar refractivity (Wildman–Crippen MR) is 87.1 cm³/mol. The Labute approximate surface area is 131 Å². The minimum atomic E-state index is -0.931. The van der Waals surface area contributed by atoms with E-state index in [0.717, 1.165) is 24.4 Å². The molecular formula is C16H26N2O2S. The molecule has 1 atom stereocenters. The van der Waals surface area contributed by atoms with Gasteiger partial charge in [-0.1, -0.05) is 40.0 Å². The van der Waals surface area contributed by atoms with Gasteiger partial charge < -0.3 is 5.11 Å². The van der Waals surface area contributed by atoms with Crippen LogP contribution in [0.15, 0.2) is 5.03 Å². The molecule has 21 heavy (non-hydrogen) atoms. The molecule has 0 bridgehead atoms. The van der Waals surface area contributed by atoms with Crippen LogP contribution in [0.4, 0.5) is 0 Å². The molecule has 0 aliphatic heterocycles. The van der Waals surface area contributed by atoms with Crippen molar-refractivity contribution in [2.75, 3.05) is 5.75 Å².